The number of pyridine rings is 1. The molecule has 0 aromatic carbocycles. The molecule has 0 aliphatic rings. The van der Waals surface area contributed by atoms with Crippen LogP contribution >= 0.6 is 38.5 Å². The molecule has 1 heterocycles. The van der Waals surface area contributed by atoms with Gasteiger partial charge in [0.1, 0.15) is 0 Å². The van der Waals surface area contributed by atoms with E-state index < -0.39 is 18.1 Å². The first-order valence-electron chi connectivity index (χ1n) is 4.83. The average Bonchev–Trinajstić information content (AvgIpc) is 2.31. The number of esters is 1. The minimum Gasteiger partial charge on any atom is -0.469 e. The Morgan fingerprint density at radius 3 is 2.63 bits per heavy atom. The van der Waals surface area contributed by atoms with Crippen LogP contribution in [0.15, 0.2) is 6.20 Å². The van der Waals surface area contributed by atoms with E-state index in [1.807, 2.05) is 0 Å². The fraction of sp³-hybridized carbons (Fsp3) is 0.400. The van der Waals surface area contributed by atoms with Gasteiger partial charge in [-0.15, -0.1) is 13.2 Å². The molecule has 106 valence electrons. The molecule has 4 nitrogen and oxygen atoms in total. The molecule has 0 saturated heterocycles. The fourth-order valence-electron chi connectivity index (χ4n) is 1.24. The quantitative estimate of drug-likeness (QED) is 0.399. The van der Waals surface area contributed by atoms with Crippen LogP contribution in [-0.4, -0.2) is 24.4 Å². The van der Waals surface area contributed by atoms with Crippen molar-refractivity contribution in [2.45, 2.75) is 18.1 Å². The highest BCUT2D eigenvalue weighted by molar-refractivity contribution is 14.1. The topological polar surface area (TPSA) is 48.4 Å². The third-order valence-electron chi connectivity index (χ3n) is 2.07. The molecule has 0 amide bonds. The molecule has 1 rings (SSSR count). The van der Waals surface area contributed by atoms with Gasteiger partial charge in [0, 0.05) is 10.9 Å². The summed E-state index contributed by atoms with van der Waals surface area (Å²) in [5.41, 5.74) is 0.815. The van der Waals surface area contributed by atoms with Crippen molar-refractivity contribution in [1.82, 2.24) is 4.98 Å². The molecule has 19 heavy (non-hydrogen) atoms. The minimum absolute atomic E-state index is 0.111. The Balaban J connectivity index is 3.12. The SMILES string of the molecule is COC(=O)Cc1ncc(OC(F)(F)F)c(I)c1CBr. The number of hydrogen-bond donors (Lipinski definition) is 0. The van der Waals surface area contributed by atoms with Gasteiger partial charge in [0.15, 0.2) is 5.75 Å². The maximum Gasteiger partial charge on any atom is 0.573 e. The molecule has 1 aromatic rings. The monoisotopic (exact) mass is 453 g/mol. The number of ether oxygens (including phenoxy) is 2. The maximum atomic E-state index is 12.2. The lowest BCUT2D eigenvalue weighted by molar-refractivity contribution is -0.275. The number of alkyl halides is 4. The molecule has 0 spiro atoms. The summed E-state index contributed by atoms with van der Waals surface area (Å²) in [6, 6.07) is 0. The largest absolute Gasteiger partial charge is 0.573 e. The van der Waals surface area contributed by atoms with Crippen molar-refractivity contribution < 1.29 is 27.4 Å². The van der Waals surface area contributed by atoms with E-state index in [1.165, 1.54) is 7.11 Å². The lowest BCUT2D eigenvalue weighted by Crippen LogP contribution is -2.19. The Morgan fingerprint density at radius 2 is 2.16 bits per heavy atom. The second-order valence-electron chi connectivity index (χ2n) is 3.30. The highest BCUT2D eigenvalue weighted by Gasteiger charge is 2.33. The van der Waals surface area contributed by atoms with Gasteiger partial charge in [0.05, 0.1) is 29.0 Å². The molecule has 9 heteroatoms. The number of carbonyl (C=O) groups excluding carboxylic acids is 1. The van der Waals surface area contributed by atoms with Crippen LogP contribution in [0.5, 0.6) is 5.75 Å². The number of hydrogen-bond acceptors (Lipinski definition) is 4. The smallest absolute Gasteiger partial charge is 0.469 e. The predicted molar refractivity (Wildman–Crippen MR) is 72.0 cm³/mol. The summed E-state index contributed by atoms with van der Waals surface area (Å²) in [7, 11) is 1.22. The van der Waals surface area contributed by atoms with E-state index in [4.69, 9.17) is 0 Å². The average molecular weight is 454 g/mol. The van der Waals surface area contributed by atoms with Gasteiger partial charge in [-0.25, -0.2) is 0 Å². The lowest BCUT2D eigenvalue weighted by atomic mass is 10.1. The molecule has 0 saturated carbocycles. The first kappa shape index (κ1) is 16.5. The van der Waals surface area contributed by atoms with Gasteiger partial charge in [-0.1, -0.05) is 15.9 Å². The first-order valence-corrected chi connectivity index (χ1v) is 7.03. The fourth-order valence-corrected chi connectivity index (χ4v) is 3.12. The van der Waals surface area contributed by atoms with E-state index in [2.05, 4.69) is 30.4 Å². The highest BCUT2D eigenvalue weighted by atomic mass is 127. The molecular formula is C10H8BrF3INO3. The van der Waals surface area contributed by atoms with Gasteiger partial charge >= 0.3 is 12.3 Å². The van der Waals surface area contributed by atoms with Gasteiger partial charge in [0.25, 0.3) is 0 Å². The summed E-state index contributed by atoms with van der Waals surface area (Å²) >= 11 is 4.87. The second kappa shape index (κ2) is 6.73. The molecule has 0 fully saturated rings. The van der Waals surface area contributed by atoms with Gasteiger partial charge in [-0.2, -0.15) is 0 Å². The van der Waals surface area contributed by atoms with Crippen molar-refractivity contribution in [3.05, 3.63) is 21.0 Å². The van der Waals surface area contributed by atoms with Crippen molar-refractivity contribution in [3.8, 4) is 5.75 Å². The zero-order chi connectivity index (χ0) is 14.6. The van der Waals surface area contributed by atoms with Crippen LogP contribution in [0.1, 0.15) is 11.3 Å². The van der Waals surface area contributed by atoms with Crippen molar-refractivity contribution in [2.24, 2.45) is 0 Å². The molecule has 1 aromatic heterocycles. The number of rotatable bonds is 4. The number of halogens is 5. The summed E-state index contributed by atoms with van der Waals surface area (Å²) < 4.78 is 45.2. The highest BCUT2D eigenvalue weighted by Crippen LogP contribution is 2.31. The Bertz CT molecular complexity index is 482. The Labute approximate surface area is 128 Å². The number of nitrogens with zero attached hydrogens (tertiary/aromatic N) is 1. The van der Waals surface area contributed by atoms with Crippen molar-refractivity contribution in [2.75, 3.05) is 7.11 Å². The second-order valence-corrected chi connectivity index (χ2v) is 4.94. The van der Waals surface area contributed by atoms with Crippen LogP contribution in [-0.2, 0) is 21.3 Å². The van der Waals surface area contributed by atoms with E-state index in [9.17, 15) is 18.0 Å². The first-order chi connectivity index (χ1) is 8.78. The van der Waals surface area contributed by atoms with Crippen LogP contribution < -0.4 is 4.74 Å². The summed E-state index contributed by atoms with van der Waals surface area (Å²) in [5, 5.41) is 0.250. The number of methoxy groups -OCH3 is 1. The lowest BCUT2D eigenvalue weighted by Gasteiger charge is -2.14. The Morgan fingerprint density at radius 1 is 1.53 bits per heavy atom. The van der Waals surface area contributed by atoms with E-state index in [0.717, 1.165) is 6.20 Å². The normalized spacial score (nSPS) is 11.3. The molecule has 0 unspecified atom stereocenters. The Hall–Kier alpha value is -0.580. The van der Waals surface area contributed by atoms with Gasteiger partial charge in [-0.3, -0.25) is 9.78 Å². The van der Waals surface area contributed by atoms with Crippen LogP contribution in [0.25, 0.3) is 0 Å². The van der Waals surface area contributed by atoms with Crippen molar-refractivity contribution in [3.63, 3.8) is 0 Å². The van der Waals surface area contributed by atoms with E-state index in [0.29, 0.717) is 11.3 Å². The number of carbonyl (C=O) groups is 1. The van der Waals surface area contributed by atoms with Gasteiger partial charge in [-0.05, 0) is 22.6 Å². The third kappa shape index (κ3) is 4.79. The third-order valence-corrected chi connectivity index (χ3v) is 3.81. The molecule has 0 atom stereocenters. The van der Waals surface area contributed by atoms with E-state index in [-0.39, 0.29) is 15.3 Å². The zero-order valence-electron chi connectivity index (χ0n) is 9.55. The molecule has 0 N–H and O–H groups in total. The standard InChI is InChI=1S/C10H8BrF3INO3/c1-18-8(17)2-6-5(3-11)9(15)7(4-16-6)19-10(12,13)14/h4H,2-3H2,1H3. The molecule has 0 aliphatic carbocycles. The predicted octanol–water partition coefficient (Wildman–Crippen LogP) is 3.20. The number of aromatic nitrogens is 1. The molecule has 0 aliphatic heterocycles. The molecule has 0 radical (unpaired) electrons. The van der Waals surface area contributed by atoms with Gasteiger partial charge in [0.2, 0.25) is 0 Å². The molecular weight excluding hydrogens is 446 g/mol. The molecule has 0 bridgehead atoms. The van der Waals surface area contributed by atoms with Crippen molar-refractivity contribution in [1.29, 1.82) is 0 Å². The van der Waals surface area contributed by atoms with E-state index >= 15 is 0 Å². The van der Waals surface area contributed by atoms with Crippen LogP contribution in [0.4, 0.5) is 13.2 Å². The van der Waals surface area contributed by atoms with Crippen LogP contribution in [0, 0.1) is 3.57 Å². The summed E-state index contributed by atoms with van der Waals surface area (Å²) in [6.07, 6.45) is -3.95. The van der Waals surface area contributed by atoms with Crippen LogP contribution in [0.3, 0.4) is 0 Å². The zero-order valence-corrected chi connectivity index (χ0v) is 13.3. The van der Waals surface area contributed by atoms with Crippen LogP contribution in [0.2, 0.25) is 0 Å². The van der Waals surface area contributed by atoms with E-state index in [1.54, 1.807) is 22.6 Å². The van der Waals surface area contributed by atoms with Crippen molar-refractivity contribution >= 4 is 44.5 Å². The van der Waals surface area contributed by atoms with Gasteiger partial charge < -0.3 is 9.47 Å². The minimum atomic E-state index is -4.78. The Kier molecular flexibility index (Phi) is 5.83. The summed E-state index contributed by atoms with van der Waals surface area (Å²) in [6.45, 7) is 0. The summed E-state index contributed by atoms with van der Waals surface area (Å²) in [5.74, 6) is -0.911. The summed E-state index contributed by atoms with van der Waals surface area (Å²) in [4.78, 5) is 15.0. The maximum absolute atomic E-state index is 12.2.